The standard InChI is InChI=1S/C12H9N3O4S/c13-9(16)6-2-1-3-7(4-6)14-10(17)11-15-8(5-20-11)12(18)19/h1-5H,(H2,13,16)(H,14,17)(H,18,19). The van der Waals surface area contributed by atoms with Crippen molar-refractivity contribution < 1.29 is 19.5 Å². The molecule has 2 aromatic rings. The maximum absolute atomic E-state index is 11.9. The van der Waals surface area contributed by atoms with Crippen LogP contribution in [-0.2, 0) is 0 Å². The number of amides is 2. The monoisotopic (exact) mass is 291 g/mol. The second-order valence-corrected chi connectivity index (χ2v) is 4.60. The van der Waals surface area contributed by atoms with Gasteiger partial charge in [-0.2, -0.15) is 0 Å². The smallest absolute Gasteiger partial charge is 0.355 e. The fourth-order valence-corrected chi connectivity index (χ4v) is 2.10. The van der Waals surface area contributed by atoms with Gasteiger partial charge in [-0.05, 0) is 18.2 Å². The first-order valence-corrected chi connectivity index (χ1v) is 6.25. The normalized spacial score (nSPS) is 10.0. The number of thiazole rings is 1. The van der Waals surface area contributed by atoms with E-state index in [1.165, 1.54) is 17.5 Å². The van der Waals surface area contributed by atoms with Gasteiger partial charge in [-0.15, -0.1) is 11.3 Å². The average Bonchev–Trinajstić information content (AvgIpc) is 2.88. The van der Waals surface area contributed by atoms with Gasteiger partial charge >= 0.3 is 5.97 Å². The number of rotatable bonds is 4. The third kappa shape index (κ3) is 2.98. The Morgan fingerprint density at radius 2 is 2.05 bits per heavy atom. The number of carboxylic acid groups (broad SMARTS) is 1. The number of nitrogens with two attached hydrogens (primary N) is 1. The molecule has 0 radical (unpaired) electrons. The molecule has 0 atom stereocenters. The number of anilines is 1. The van der Waals surface area contributed by atoms with E-state index in [9.17, 15) is 14.4 Å². The van der Waals surface area contributed by atoms with Crippen LogP contribution in [0.2, 0.25) is 0 Å². The maximum atomic E-state index is 11.9. The highest BCUT2D eigenvalue weighted by Crippen LogP contribution is 2.14. The van der Waals surface area contributed by atoms with Crippen molar-refractivity contribution in [3.05, 3.63) is 45.9 Å². The highest BCUT2D eigenvalue weighted by atomic mass is 32.1. The lowest BCUT2D eigenvalue weighted by molar-refractivity contribution is 0.0691. The van der Waals surface area contributed by atoms with Crippen molar-refractivity contribution in [1.29, 1.82) is 0 Å². The Balaban J connectivity index is 2.16. The van der Waals surface area contributed by atoms with Crippen LogP contribution in [0.1, 0.15) is 30.6 Å². The minimum atomic E-state index is -1.20. The first kappa shape index (κ1) is 13.7. The summed E-state index contributed by atoms with van der Waals surface area (Å²) in [6.45, 7) is 0. The van der Waals surface area contributed by atoms with E-state index in [1.807, 2.05) is 0 Å². The molecule has 7 nitrogen and oxygen atoms in total. The number of nitrogens with zero attached hydrogens (tertiary/aromatic N) is 1. The van der Waals surface area contributed by atoms with Crippen molar-refractivity contribution in [2.45, 2.75) is 0 Å². The Labute approximate surface area is 117 Å². The van der Waals surface area contributed by atoms with Crippen molar-refractivity contribution >= 4 is 34.8 Å². The lowest BCUT2D eigenvalue weighted by Crippen LogP contribution is -2.14. The molecule has 4 N–H and O–H groups in total. The van der Waals surface area contributed by atoms with Gasteiger partial charge < -0.3 is 16.2 Å². The quantitative estimate of drug-likeness (QED) is 0.781. The zero-order valence-corrected chi connectivity index (χ0v) is 10.8. The SMILES string of the molecule is NC(=O)c1cccc(NC(=O)c2nc(C(=O)O)cs2)c1. The maximum Gasteiger partial charge on any atom is 0.355 e. The molecule has 0 aliphatic rings. The van der Waals surface area contributed by atoms with Gasteiger partial charge in [0.25, 0.3) is 5.91 Å². The van der Waals surface area contributed by atoms with E-state index in [0.29, 0.717) is 5.69 Å². The molecule has 0 aliphatic heterocycles. The van der Waals surface area contributed by atoms with Crippen LogP contribution < -0.4 is 11.1 Å². The number of hydrogen-bond donors (Lipinski definition) is 3. The van der Waals surface area contributed by atoms with Crippen LogP contribution in [0.25, 0.3) is 0 Å². The second kappa shape index (κ2) is 5.49. The van der Waals surface area contributed by atoms with Gasteiger partial charge in [-0.3, -0.25) is 9.59 Å². The van der Waals surface area contributed by atoms with Gasteiger partial charge in [0.05, 0.1) is 0 Å². The molecule has 0 saturated heterocycles. The Hall–Kier alpha value is -2.74. The summed E-state index contributed by atoms with van der Waals surface area (Å²) < 4.78 is 0. The second-order valence-electron chi connectivity index (χ2n) is 3.74. The molecule has 102 valence electrons. The average molecular weight is 291 g/mol. The van der Waals surface area contributed by atoms with Crippen molar-refractivity contribution in [2.24, 2.45) is 5.73 Å². The third-order valence-corrected chi connectivity index (χ3v) is 3.16. The van der Waals surface area contributed by atoms with Crippen LogP contribution >= 0.6 is 11.3 Å². The molecule has 8 heteroatoms. The Kier molecular flexibility index (Phi) is 3.76. The van der Waals surface area contributed by atoms with Gasteiger partial charge in [-0.1, -0.05) is 6.07 Å². The topological polar surface area (TPSA) is 122 Å². The van der Waals surface area contributed by atoms with Crippen LogP contribution in [0, 0.1) is 0 Å². The first-order chi connectivity index (χ1) is 9.47. The molecule has 1 heterocycles. The van der Waals surface area contributed by atoms with Gasteiger partial charge in [0, 0.05) is 16.6 Å². The molecule has 2 amide bonds. The molecule has 1 aromatic carbocycles. The molecule has 0 unspecified atom stereocenters. The van der Waals surface area contributed by atoms with E-state index in [4.69, 9.17) is 10.8 Å². The van der Waals surface area contributed by atoms with Gasteiger partial charge in [0.2, 0.25) is 5.91 Å². The minimum Gasteiger partial charge on any atom is -0.476 e. The molecular weight excluding hydrogens is 282 g/mol. The highest BCUT2D eigenvalue weighted by molar-refractivity contribution is 7.12. The molecule has 20 heavy (non-hydrogen) atoms. The van der Waals surface area contributed by atoms with Crippen LogP contribution in [0.5, 0.6) is 0 Å². The summed E-state index contributed by atoms with van der Waals surface area (Å²) in [5, 5.41) is 12.5. The number of carbonyl (C=O) groups is 3. The summed E-state index contributed by atoms with van der Waals surface area (Å²) in [5.41, 5.74) is 5.58. The van der Waals surface area contributed by atoms with Crippen molar-refractivity contribution in [1.82, 2.24) is 4.98 Å². The number of aromatic nitrogens is 1. The molecule has 1 aromatic heterocycles. The van der Waals surface area contributed by atoms with Crippen molar-refractivity contribution in [2.75, 3.05) is 5.32 Å². The molecule has 2 rings (SSSR count). The fraction of sp³-hybridized carbons (Fsp3) is 0. The summed E-state index contributed by atoms with van der Waals surface area (Å²) in [7, 11) is 0. The molecule has 0 saturated carbocycles. The van der Waals surface area contributed by atoms with Crippen LogP contribution in [0.4, 0.5) is 5.69 Å². The van der Waals surface area contributed by atoms with Crippen molar-refractivity contribution in [3.63, 3.8) is 0 Å². The minimum absolute atomic E-state index is 0.0203. The molecule has 0 spiro atoms. The summed E-state index contributed by atoms with van der Waals surface area (Å²) in [6, 6.07) is 6.09. The van der Waals surface area contributed by atoms with Crippen LogP contribution in [0.3, 0.4) is 0 Å². The Morgan fingerprint density at radius 3 is 2.65 bits per heavy atom. The summed E-state index contributed by atoms with van der Waals surface area (Å²) >= 11 is 0.920. The largest absolute Gasteiger partial charge is 0.476 e. The van der Waals surface area contributed by atoms with Gasteiger partial charge in [-0.25, -0.2) is 9.78 Å². The molecule has 0 aliphatic carbocycles. The molecule has 0 bridgehead atoms. The van der Waals surface area contributed by atoms with Gasteiger partial charge in [0.1, 0.15) is 0 Å². The van der Waals surface area contributed by atoms with E-state index in [2.05, 4.69) is 10.3 Å². The van der Waals surface area contributed by atoms with E-state index in [-0.39, 0.29) is 16.3 Å². The number of benzene rings is 1. The summed E-state index contributed by atoms with van der Waals surface area (Å²) in [6.07, 6.45) is 0. The summed E-state index contributed by atoms with van der Waals surface area (Å²) in [4.78, 5) is 37.2. The lowest BCUT2D eigenvalue weighted by Gasteiger charge is -2.04. The number of primary amides is 1. The number of carbonyl (C=O) groups excluding carboxylic acids is 2. The Morgan fingerprint density at radius 1 is 1.30 bits per heavy atom. The number of nitrogens with one attached hydrogen (secondary N) is 1. The summed E-state index contributed by atoms with van der Waals surface area (Å²) in [5.74, 6) is -2.36. The van der Waals surface area contributed by atoms with Crippen LogP contribution in [-0.4, -0.2) is 27.9 Å². The molecular formula is C12H9N3O4S. The van der Waals surface area contributed by atoms with Crippen molar-refractivity contribution in [3.8, 4) is 0 Å². The zero-order valence-electron chi connectivity index (χ0n) is 9.99. The predicted molar refractivity (Wildman–Crippen MR) is 72.0 cm³/mol. The lowest BCUT2D eigenvalue weighted by atomic mass is 10.2. The van der Waals surface area contributed by atoms with E-state index < -0.39 is 17.8 Å². The van der Waals surface area contributed by atoms with E-state index in [1.54, 1.807) is 12.1 Å². The molecule has 0 fully saturated rings. The Bertz CT molecular complexity index is 696. The van der Waals surface area contributed by atoms with E-state index >= 15 is 0 Å². The predicted octanol–water partition coefficient (Wildman–Crippen LogP) is 1.19. The van der Waals surface area contributed by atoms with E-state index in [0.717, 1.165) is 11.3 Å². The zero-order chi connectivity index (χ0) is 14.7. The first-order valence-electron chi connectivity index (χ1n) is 5.37. The van der Waals surface area contributed by atoms with Crippen LogP contribution in [0.15, 0.2) is 29.6 Å². The number of aromatic carboxylic acids is 1. The van der Waals surface area contributed by atoms with Gasteiger partial charge in [0.15, 0.2) is 10.7 Å². The number of carboxylic acids is 1. The highest BCUT2D eigenvalue weighted by Gasteiger charge is 2.15. The third-order valence-electron chi connectivity index (χ3n) is 2.32. The fourth-order valence-electron chi connectivity index (χ4n) is 1.41. The number of hydrogen-bond acceptors (Lipinski definition) is 5.